The van der Waals surface area contributed by atoms with E-state index in [1.807, 2.05) is 13.8 Å². The third-order valence-electron chi connectivity index (χ3n) is 3.94. The number of ketones is 1. The molecule has 1 N–H and O–H groups in total. The Hall–Kier alpha value is -0.860. The van der Waals surface area contributed by atoms with Crippen LogP contribution in [0.1, 0.15) is 20.3 Å². The van der Waals surface area contributed by atoms with E-state index in [0.29, 0.717) is 5.92 Å². The number of carbonyl (C=O) groups excluding carboxylic acids is 1. The molecule has 0 heterocycles. The number of Topliss-reactive ketones (excluding diaryl/α,β-unsaturated/α-hetero) is 1. The number of carboxylic acid groups (broad SMARTS) is 1. The fourth-order valence-corrected chi connectivity index (χ4v) is 3.19. The molecule has 0 aromatic heterocycles. The van der Waals surface area contributed by atoms with E-state index in [-0.39, 0.29) is 23.5 Å². The topological polar surface area (TPSA) is 54.4 Å². The van der Waals surface area contributed by atoms with Crippen molar-refractivity contribution in [1.29, 1.82) is 0 Å². The first-order valence-corrected chi connectivity index (χ1v) is 4.80. The predicted molar refractivity (Wildman–Crippen MR) is 46.1 cm³/mol. The molecule has 2 bridgehead atoms. The molecule has 0 unspecified atom stereocenters. The SMILES string of the molecule is C[C@H]1[C@H]2C[C@H](C(=O)[C@@H]2C)[C@@H]1C(=O)O. The lowest BCUT2D eigenvalue weighted by Crippen LogP contribution is -2.36. The number of carboxylic acids is 1. The van der Waals surface area contributed by atoms with Gasteiger partial charge >= 0.3 is 5.97 Å². The summed E-state index contributed by atoms with van der Waals surface area (Å²) in [6.45, 7) is 3.90. The summed E-state index contributed by atoms with van der Waals surface area (Å²) >= 11 is 0. The number of carbonyl (C=O) groups is 2. The Balaban J connectivity index is 2.29. The Morgan fingerprint density at radius 2 is 2.08 bits per heavy atom. The molecule has 0 spiro atoms. The summed E-state index contributed by atoms with van der Waals surface area (Å²) in [7, 11) is 0. The molecule has 0 aromatic rings. The first-order valence-electron chi connectivity index (χ1n) is 4.80. The highest BCUT2D eigenvalue weighted by molar-refractivity contribution is 5.91. The molecule has 2 rings (SSSR count). The van der Waals surface area contributed by atoms with Crippen molar-refractivity contribution in [1.82, 2.24) is 0 Å². The summed E-state index contributed by atoms with van der Waals surface area (Å²) in [5, 5.41) is 8.96. The molecule has 13 heavy (non-hydrogen) atoms. The van der Waals surface area contributed by atoms with Crippen molar-refractivity contribution in [2.24, 2.45) is 29.6 Å². The maximum Gasteiger partial charge on any atom is 0.307 e. The molecular formula is C10H14O3. The van der Waals surface area contributed by atoms with Crippen molar-refractivity contribution in [3.05, 3.63) is 0 Å². The van der Waals surface area contributed by atoms with Gasteiger partial charge in [-0.1, -0.05) is 13.8 Å². The van der Waals surface area contributed by atoms with Crippen LogP contribution < -0.4 is 0 Å². The summed E-state index contributed by atoms with van der Waals surface area (Å²) in [6.07, 6.45) is 0.804. The molecule has 2 fully saturated rings. The van der Waals surface area contributed by atoms with Crippen molar-refractivity contribution < 1.29 is 14.7 Å². The fraction of sp³-hybridized carbons (Fsp3) is 0.800. The quantitative estimate of drug-likeness (QED) is 0.662. The molecule has 0 aromatic carbocycles. The van der Waals surface area contributed by atoms with Gasteiger partial charge in [-0.2, -0.15) is 0 Å². The van der Waals surface area contributed by atoms with E-state index in [0.717, 1.165) is 6.42 Å². The van der Waals surface area contributed by atoms with Crippen molar-refractivity contribution in [2.45, 2.75) is 20.3 Å². The zero-order valence-electron chi connectivity index (χ0n) is 7.86. The standard InChI is InChI=1S/C10H14O3/c1-4-6-3-7(8(4)10(12)13)9(11)5(6)2/h4-8H,3H2,1-2H3,(H,12,13)/t4-,5+,6+,7-,8+/m0/s1. The smallest absolute Gasteiger partial charge is 0.307 e. The average molecular weight is 182 g/mol. The molecule has 0 radical (unpaired) electrons. The number of rotatable bonds is 1. The van der Waals surface area contributed by atoms with Gasteiger partial charge in [0.1, 0.15) is 5.78 Å². The van der Waals surface area contributed by atoms with Crippen LogP contribution in [0.25, 0.3) is 0 Å². The first kappa shape index (κ1) is 8.73. The van der Waals surface area contributed by atoms with Crippen molar-refractivity contribution in [2.75, 3.05) is 0 Å². The number of aliphatic carboxylic acids is 1. The molecule has 3 heteroatoms. The second-order valence-electron chi connectivity index (χ2n) is 4.42. The van der Waals surface area contributed by atoms with Crippen LogP contribution in [0.3, 0.4) is 0 Å². The lowest BCUT2D eigenvalue weighted by Gasteiger charge is -2.28. The first-order chi connectivity index (χ1) is 6.04. The van der Waals surface area contributed by atoms with Gasteiger partial charge in [-0.15, -0.1) is 0 Å². The predicted octanol–water partition coefficient (Wildman–Crippen LogP) is 1.18. The number of hydrogen-bond donors (Lipinski definition) is 1. The summed E-state index contributed by atoms with van der Waals surface area (Å²) in [5.74, 6) is -0.624. The van der Waals surface area contributed by atoms with Crippen LogP contribution in [0.15, 0.2) is 0 Å². The summed E-state index contributed by atoms with van der Waals surface area (Å²) in [5.41, 5.74) is 0. The monoisotopic (exact) mass is 182 g/mol. The van der Waals surface area contributed by atoms with Gasteiger partial charge in [0.05, 0.1) is 5.92 Å². The minimum atomic E-state index is -0.791. The molecule has 72 valence electrons. The van der Waals surface area contributed by atoms with Gasteiger partial charge in [0.25, 0.3) is 0 Å². The summed E-state index contributed by atoms with van der Waals surface area (Å²) < 4.78 is 0. The minimum Gasteiger partial charge on any atom is -0.481 e. The van der Waals surface area contributed by atoms with Gasteiger partial charge in [-0.25, -0.2) is 0 Å². The number of fused-ring (bicyclic) bond motifs is 2. The molecule has 3 nitrogen and oxygen atoms in total. The van der Waals surface area contributed by atoms with Crippen LogP contribution >= 0.6 is 0 Å². The normalized spacial score (nSPS) is 48.5. The van der Waals surface area contributed by atoms with E-state index in [1.165, 1.54) is 0 Å². The second kappa shape index (κ2) is 2.56. The van der Waals surface area contributed by atoms with E-state index < -0.39 is 11.9 Å². The largest absolute Gasteiger partial charge is 0.481 e. The number of hydrogen-bond acceptors (Lipinski definition) is 2. The van der Waals surface area contributed by atoms with Crippen LogP contribution in [0.5, 0.6) is 0 Å². The lowest BCUT2D eigenvalue weighted by atomic mass is 9.75. The van der Waals surface area contributed by atoms with Crippen LogP contribution in [0.4, 0.5) is 0 Å². The Kier molecular flexibility index (Phi) is 1.72. The van der Waals surface area contributed by atoms with Crippen molar-refractivity contribution in [3.63, 3.8) is 0 Å². The van der Waals surface area contributed by atoms with E-state index in [9.17, 15) is 9.59 Å². The maximum absolute atomic E-state index is 11.6. The van der Waals surface area contributed by atoms with Gasteiger partial charge in [-0.3, -0.25) is 9.59 Å². The van der Waals surface area contributed by atoms with Gasteiger partial charge < -0.3 is 5.11 Å². The van der Waals surface area contributed by atoms with Crippen LogP contribution in [-0.2, 0) is 9.59 Å². The van der Waals surface area contributed by atoms with Crippen LogP contribution in [-0.4, -0.2) is 16.9 Å². The molecule has 2 aliphatic carbocycles. The Morgan fingerprint density at radius 3 is 2.54 bits per heavy atom. The van der Waals surface area contributed by atoms with E-state index in [4.69, 9.17) is 5.11 Å². The van der Waals surface area contributed by atoms with Crippen molar-refractivity contribution >= 4 is 11.8 Å². The molecular weight excluding hydrogens is 168 g/mol. The third-order valence-corrected chi connectivity index (χ3v) is 3.94. The zero-order valence-corrected chi connectivity index (χ0v) is 7.86. The Bertz CT molecular complexity index is 271. The van der Waals surface area contributed by atoms with Gasteiger partial charge in [0.2, 0.25) is 0 Å². The highest BCUT2D eigenvalue weighted by Crippen LogP contribution is 2.52. The zero-order chi connectivity index (χ0) is 9.75. The van der Waals surface area contributed by atoms with E-state index in [2.05, 4.69) is 0 Å². The molecule has 2 aliphatic rings. The average Bonchev–Trinajstić information content (AvgIpc) is 2.50. The fourth-order valence-electron chi connectivity index (χ4n) is 3.19. The van der Waals surface area contributed by atoms with E-state index in [1.54, 1.807) is 0 Å². The van der Waals surface area contributed by atoms with Crippen LogP contribution in [0, 0.1) is 29.6 Å². The summed E-state index contributed by atoms with van der Waals surface area (Å²) in [6, 6.07) is 0. The minimum absolute atomic E-state index is 0.0931. The highest BCUT2D eigenvalue weighted by Gasteiger charge is 2.56. The lowest BCUT2D eigenvalue weighted by molar-refractivity contribution is -0.149. The van der Waals surface area contributed by atoms with E-state index >= 15 is 0 Å². The van der Waals surface area contributed by atoms with Crippen molar-refractivity contribution in [3.8, 4) is 0 Å². The van der Waals surface area contributed by atoms with Gasteiger partial charge in [-0.05, 0) is 18.3 Å². The molecule has 0 amide bonds. The van der Waals surface area contributed by atoms with Gasteiger partial charge in [0, 0.05) is 11.8 Å². The Morgan fingerprint density at radius 1 is 1.46 bits per heavy atom. The summed E-state index contributed by atoms with van der Waals surface area (Å²) in [4.78, 5) is 22.5. The molecule has 0 saturated heterocycles. The Labute approximate surface area is 77.1 Å². The molecule has 0 aliphatic heterocycles. The van der Waals surface area contributed by atoms with Gasteiger partial charge in [0.15, 0.2) is 0 Å². The van der Waals surface area contributed by atoms with Crippen LogP contribution in [0.2, 0.25) is 0 Å². The third kappa shape index (κ3) is 0.960. The molecule has 5 atom stereocenters. The second-order valence-corrected chi connectivity index (χ2v) is 4.42. The molecule has 2 saturated carbocycles. The maximum atomic E-state index is 11.6. The highest BCUT2D eigenvalue weighted by atomic mass is 16.4.